The molecule has 0 aromatic heterocycles. The molecule has 1 atom stereocenters. The summed E-state index contributed by atoms with van der Waals surface area (Å²) in [6.07, 6.45) is -0.917. The zero-order chi connectivity index (χ0) is 13.3. The van der Waals surface area contributed by atoms with E-state index in [0.717, 1.165) is 25.3 Å². The molecule has 0 heterocycles. The Labute approximate surface area is 103 Å². The van der Waals surface area contributed by atoms with E-state index in [2.05, 4.69) is 0 Å². The van der Waals surface area contributed by atoms with Crippen LogP contribution >= 0.6 is 0 Å². The predicted molar refractivity (Wildman–Crippen MR) is 60.3 cm³/mol. The highest BCUT2D eigenvalue weighted by molar-refractivity contribution is 5.30. The maximum absolute atomic E-state index is 13.8. The van der Waals surface area contributed by atoms with Crippen LogP contribution in [-0.2, 0) is 6.18 Å². The van der Waals surface area contributed by atoms with E-state index in [1.807, 2.05) is 0 Å². The zero-order valence-electron chi connectivity index (χ0n) is 9.80. The average Bonchev–Trinajstić information content (AvgIpc) is 2.21. The van der Waals surface area contributed by atoms with Gasteiger partial charge in [0.1, 0.15) is 5.82 Å². The van der Waals surface area contributed by atoms with Crippen molar-refractivity contribution in [2.24, 2.45) is 11.7 Å². The van der Waals surface area contributed by atoms with E-state index in [1.165, 1.54) is 12.1 Å². The van der Waals surface area contributed by atoms with Crippen LogP contribution in [-0.4, -0.2) is 0 Å². The molecule has 5 heteroatoms. The average molecular weight is 261 g/mol. The van der Waals surface area contributed by atoms with E-state index in [-0.39, 0.29) is 5.56 Å². The van der Waals surface area contributed by atoms with Crippen LogP contribution in [0.15, 0.2) is 18.2 Å². The van der Waals surface area contributed by atoms with Crippen molar-refractivity contribution in [1.82, 2.24) is 0 Å². The lowest BCUT2D eigenvalue weighted by atomic mass is 9.79. The minimum atomic E-state index is -4.67. The number of rotatable bonds is 3. The van der Waals surface area contributed by atoms with E-state index in [9.17, 15) is 17.6 Å². The van der Waals surface area contributed by atoms with Crippen LogP contribution in [0.2, 0.25) is 0 Å². The Morgan fingerprint density at radius 3 is 2.44 bits per heavy atom. The standard InChI is InChI=1S/C13H15F4N/c14-12-9(11(18)7-8-3-1-4-8)5-2-6-10(12)13(15,16)17/h2,5-6,8,11H,1,3-4,7,18H2. The molecule has 2 rings (SSSR count). The third-order valence-electron chi connectivity index (χ3n) is 3.55. The lowest BCUT2D eigenvalue weighted by Crippen LogP contribution is -2.22. The molecule has 1 aromatic rings. The van der Waals surface area contributed by atoms with Gasteiger partial charge in [0.05, 0.1) is 5.56 Å². The Bertz CT molecular complexity index is 423. The molecule has 1 aromatic carbocycles. The van der Waals surface area contributed by atoms with E-state index in [1.54, 1.807) is 0 Å². The molecule has 0 aliphatic heterocycles. The number of halogens is 4. The summed E-state index contributed by atoms with van der Waals surface area (Å²) in [4.78, 5) is 0. The van der Waals surface area contributed by atoms with Gasteiger partial charge in [-0.2, -0.15) is 13.2 Å². The first-order valence-corrected chi connectivity index (χ1v) is 6.00. The molecule has 0 radical (unpaired) electrons. The second kappa shape index (κ2) is 4.88. The van der Waals surface area contributed by atoms with Crippen LogP contribution in [0.1, 0.15) is 42.9 Å². The highest BCUT2D eigenvalue weighted by Gasteiger charge is 2.35. The lowest BCUT2D eigenvalue weighted by Gasteiger charge is -2.28. The topological polar surface area (TPSA) is 26.0 Å². The number of benzene rings is 1. The normalized spacial score (nSPS) is 18.5. The molecule has 2 N–H and O–H groups in total. The van der Waals surface area contributed by atoms with E-state index in [4.69, 9.17) is 5.73 Å². The third-order valence-corrected chi connectivity index (χ3v) is 3.55. The minimum Gasteiger partial charge on any atom is -0.324 e. The van der Waals surface area contributed by atoms with Crippen molar-refractivity contribution in [3.8, 4) is 0 Å². The summed E-state index contributed by atoms with van der Waals surface area (Å²) in [5.41, 5.74) is 4.55. The molecule has 1 aliphatic rings. The summed E-state index contributed by atoms with van der Waals surface area (Å²) >= 11 is 0. The quantitative estimate of drug-likeness (QED) is 0.817. The lowest BCUT2D eigenvalue weighted by molar-refractivity contribution is -0.140. The van der Waals surface area contributed by atoms with Crippen LogP contribution in [0.5, 0.6) is 0 Å². The molecular formula is C13H15F4N. The second-order valence-electron chi connectivity index (χ2n) is 4.85. The molecule has 0 spiro atoms. The summed E-state index contributed by atoms with van der Waals surface area (Å²) < 4.78 is 51.4. The fourth-order valence-corrected chi connectivity index (χ4v) is 2.27. The van der Waals surface area contributed by atoms with Crippen LogP contribution in [0, 0.1) is 11.7 Å². The first-order valence-electron chi connectivity index (χ1n) is 6.00. The summed E-state index contributed by atoms with van der Waals surface area (Å²) in [5.74, 6) is -0.800. The first kappa shape index (κ1) is 13.3. The molecule has 1 saturated carbocycles. The van der Waals surface area contributed by atoms with Crippen molar-refractivity contribution in [1.29, 1.82) is 0 Å². The molecule has 1 unspecified atom stereocenters. The molecule has 1 aliphatic carbocycles. The Morgan fingerprint density at radius 2 is 1.94 bits per heavy atom. The molecule has 0 bridgehead atoms. The van der Waals surface area contributed by atoms with Crippen LogP contribution in [0.3, 0.4) is 0 Å². The van der Waals surface area contributed by atoms with Crippen molar-refractivity contribution in [3.05, 3.63) is 35.1 Å². The van der Waals surface area contributed by atoms with Gasteiger partial charge in [0.15, 0.2) is 0 Å². The van der Waals surface area contributed by atoms with Crippen LogP contribution < -0.4 is 5.73 Å². The van der Waals surface area contributed by atoms with Gasteiger partial charge in [0, 0.05) is 11.6 Å². The van der Waals surface area contributed by atoms with Crippen LogP contribution in [0.4, 0.5) is 17.6 Å². The van der Waals surface area contributed by atoms with Crippen molar-refractivity contribution in [2.75, 3.05) is 0 Å². The largest absolute Gasteiger partial charge is 0.419 e. The molecule has 0 saturated heterocycles. The van der Waals surface area contributed by atoms with Gasteiger partial charge in [-0.25, -0.2) is 4.39 Å². The van der Waals surface area contributed by atoms with Crippen molar-refractivity contribution >= 4 is 0 Å². The Morgan fingerprint density at radius 1 is 1.28 bits per heavy atom. The first-order chi connectivity index (χ1) is 8.39. The van der Waals surface area contributed by atoms with Crippen molar-refractivity contribution in [3.63, 3.8) is 0 Å². The second-order valence-corrected chi connectivity index (χ2v) is 4.85. The Kier molecular flexibility index (Phi) is 3.61. The molecule has 0 amide bonds. The van der Waals surface area contributed by atoms with Gasteiger partial charge in [-0.3, -0.25) is 0 Å². The van der Waals surface area contributed by atoms with E-state index in [0.29, 0.717) is 12.3 Å². The molecule has 1 nitrogen and oxygen atoms in total. The van der Waals surface area contributed by atoms with Gasteiger partial charge in [0.25, 0.3) is 0 Å². The fourth-order valence-electron chi connectivity index (χ4n) is 2.27. The third kappa shape index (κ3) is 2.66. The van der Waals surface area contributed by atoms with Gasteiger partial charge in [-0.05, 0) is 18.4 Å². The zero-order valence-corrected chi connectivity index (χ0v) is 9.80. The highest BCUT2D eigenvalue weighted by atomic mass is 19.4. The number of hydrogen-bond acceptors (Lipinski definition) is 1. The summed E-state index contributed by atoms with van der Waals surface area (Å²) in [7, 11) is 0. The van der Waals surface area contributed by atoms with Gasteiger partial charge >= 0.3 is 6.18 Å². The number of alkyl halides is 3. The minimum absolute atomic E-state index is 0.0308. The van der Waals surface area contributed by atoms with Crippen molar-refractivity contribution in [2.45, 2.75) is 37.9 Å². The highest BCUT2D eigenvalue weighted by Crippen LogP contribution is 2.37. The van der Waals surface area contributed by atoms with Gasteiger partial charge in [0.2, 0.25) is 0 Å². The summed E-state index contributed by atoms with van der Waals surface area (Å²) in [5, 5.41) is 0. The molecule has 1 fully saturated rings. The predicted octanol–water partition coefficient (Wildman–Crippen LogP) is 4.03. The molecule has 18 heavy (non-hydrogen) atoms. The number of hydrogen-bond donors (Lipinski definition) is 1. The molecule has 100 valence electrons. The smallest absolute Gasteiger partial charge is 0.324 e. The van der Waals surface area contributed by atoms with Crippen LogP contribution in [0.25, 0.3) is 0 Å². The summed E-state index contributed by atoms with van der Waals surface area (Å²) in [6.45, 7) is 0. The maximum Gasteiger partial charge on any atom is 0.419 e. The Hall–Kier alpha value is -1.10. The Balaban J connectivity index is 2.21. The summed E-state index contributed by atoms with van der Waals surface area (Å²) in [6, 6.07) is 2.64. The van der Waals surface area contributed by atoms with E-state index >= 15 is 0 Å². The maximum atomic E-state index is 13.8. The van der Waals surface area contributed by atoms with Gasteiger partial charge in [-0.1, -0.05) is 31.4 Å². The van der Waals surface area contributed by atoms with Crippen molar-refractivity contribution < 1.29 is 17.6 Å². The van der Waals surface area contributed by atoms with E-state index < -0.39 is 23.6 Å². The monoisotopic (exact) mass is 261 g/mol. The van der Waals surface area contributed by atoms with Gasteiger partial charge < -0.3 is 5.73 Å². The SMILES string of the molecule is NC(CC1CCC1)c1cccc(C(F)(F)F)c1F. The number of nitrogens with two attached hydrogens (primary N) is 1. The fraction of sp³-hybridized carbons (Fsp3) is 0.538. The molecular weight excluding hydrogens is 246 g/mol. The van der Waals surface area contributed by atoms with Gasteiger partial charge in [-0.15, -0.1) is 0 Å².